The van der Waals surface area contributed by atoms with Gasteiger partial charge >= 0.3 is 15.2 Å². The van der Waals surface area contributed by atoms with E-state index in [9.17, 15) is 9.13 Å². The Kier molecular flexibility index (Phi) is 8.75. The second-order valence-corrected chi connectivity index (χ2v) is 11.1. The molecule has 0 aliphatic rings. The molecule has 0 aliphatic heterocycles. The Labute approximate surface area is 180 Å². The van der Waals surface area contributed by atoms with Gasteiger partial charge in [0.05, 0.1) is 18.8 Å². The average Bonchev–Trinajstić information content (AvgIpc) is 2.60. The summed E-state index contributed by atoms with van der Waals surface area (Å²) in [6, 6.07) is 11.5. The largest absolute Gasteiger partial charge is 0.424 e. The van der Waals surface area contributed by atoms with Gasteiger partial charge in [-0.2, -0.15) is 0 Å². The zero-order chi connectivity index (χ0) is 22.4. The van der Waals surface area contributed by atoms with Crippen LogP contribution in [0, 0.1) is 6.92 Å². The Morgan fingerprint density at radius 2 is 1.37 bits per heavy atom. The van der Waals surface area contributed by atoms with Crippen LogP contribution in [0.2, 0.25) is 0 Å². The van der Waals surface area contributed by atoms with E-state index in [0.29, 0.717) is 17.1 Å². The molecule has 2 aromatic carbocycles. The molecule has 0 spiro atoms. The van der Waals surface area contributed by atoms with E-state index in [2.05, 4.69) is 6.92 Å². The van der Waals surface area contributed by atoms with E-state index in [4.69, 9.17) is 18.1 Å². The van der Waals surface area contributed by atoms with Crippen molar-refractivity contribution in [2.45, 2.75) is 40.5 Å². The zero-order valence-electron chi connectivity index (χ0n) is 18.6. The second kappa shape index (κ2) is 10.6. The van der Waals surface area contributed by atoms with Crippen LogP contribution in [0.5, 0.6) is 11.5 Å². The number of hydrogen-bond donors (Lipinski definition) is 0. The van der Waals surface area contributed by atoms with Crippen molar-refractivity contribution in [3.63, 3.8) is 0 Å². The van der Waals surface area contributed by atoms with Crippen molar-refractivity contribution >= 4 is 15.2 Å². The summed E-state index contributed by atoms with van der Waals surface area (Å²) < 4.78 is 48.1. The standard InChI is InChI=1S/C22H32O6P2/c1-7-11-18-15-20(27-29(5,23)25-8-2)22(19-13-10-12-17(4)14-19)21(16-18)28-30(6,24)26-9-3/h10,12-16H,7-9,11H2,1-6H3. The Hall–Kier alpha value is -1.58. The minimum absolute atomic E-state index is 0.264. The molecule has 0 fully saturated rings. The molecule has 2 unspecified atom stereocenters. The number of rotatable bonds is 11. The van der Waals surface area contributed by atoms with Gasteiger partial charge in [0.15, 0.2) is 0 Å². The molecule has 0 aliphatic carbocycles. The first-order valence-corrected chi connectivity index (χ1v) is 14.2. The Balaban J connectivity index is 2.73. The van der Waals surface area contributed by atoms with E-state index in [0.717, 1.165) is 29.5 Å². The van der Waals surface area contributed by atoms with Crippen LogP contribution < -0.4 is 9.05 Å². The summed E-state index contributed by atoms with van der Waals surface area (Å²) in [7, 11) is -6.70. The lowest BCUT2D eigenvalue weighted by molar-refractivity contribution is 0.283. The van der Waals surface area contributed by atoms with E-state index < -0.39 is 15.2 Å². The molecular formula is C22H32O6P2. The van der Waals surface area contributed by atoms with Crippen molar-refractivity contribution in [3.8, 4) is 22.6 Å². The van der Waals surface area contributed by atoms with E-state index >= 15 is 0 Å². The molecule has 0 saturated heterocycles. The van der Waals surface area contributed by atoms with E-state index in [1.54, 1.807) is 13.8 Å². The summed E-state index contributed by atoms with van der Waals surface area (Å²) in [6.45, 7) is 11.0. The molecule has 0 radical (unpaired) electrons. The molecule has 6 nitrogen and oxygen atoms in total. The van der Waals surface area contributed by atoms with Gasteiger partial charge in [0, 0.05) is 13.3 Å². The van der Waals surface area contributed by atoms with E-state index in [-0.39, 0.29) is 13.2 Å². The van der Waals surface area contributed by atoms with Gasteiger partial charge in [-0.1, -0.05) is 43.2 Å². The third-order valence-corrected chi connectivity index (χ3v) is 6.74. The molecule has 2 rings (SSSR count). The first-order valence-electron chi connectivity index (χ1n) is 10.2. The predicted molar refractivity (Wildman–Crippen MR) is 122 cm³/mol. The molecule has 2 atom stereocenters. The second-order valence-electron chi connectivity index (χ2n) is 7.15. The van der Waals surface area contributed by atoms with Crippen LogP contribution in [0.25, 0.3) is 11.1 Å². The van der Waals surface area contributed by atoms with Crippen molar-refractivity contribution in [1.82, 2.24) is 0 Å². The fourth-order valence-electron chi connectivity index (χ4n) is 3.19. The van der Waals surface area contributed by atoms with Crippen LogP contribution in [-0.4, -0.2) is 26.5 Å². The first kappa shape index (κ1) is 24.7. The van der Waals surface area contributed by atoms with Crippen molar-refractivity contribution in [2.24, 2.45) is 0 Å². The van der Waals surface area contributed by atoms with Crippen LogP contribution >= 0.6 is 15.2 Å². The quantitative estimate of drug-likeness (QED) is 0.338. The lowest BCUT2D eigenvalue weighted by atomic mass is 9.98. The molecule has 166 valence electrons. The molecule has 0 amide bonds. The van der Waals surface area contributed by atoms with Crippen LogP contribution in [0.15, 0.2) is 36.4 Å². The number of hydrogen-bond acceptors (Lipinski definition) is 6. The third-order valence-electron chi connectivity index (χ3n) is 4.23. The van der Waals surface area contributed by atoms with Gasteiger partial charge in [0.25, 0.3) is 0 Å². The maximum absolute atomic E-state index is 12.8. The molecule has 0 heterocycles. The number of aryl methyl sites for hydroxylation is 2. The van der Waals surface area contributed by atoms with Gasteiger partial charge in [0.2, 0.25) is 0 Å². The highest BCUT2D eigenvalue weighted by Gasteiger charge is 2.27. The van der Waals surface area contributed by atoms with E-state index in [1.165, 1.54) is 13.3 Å². The molecule has 30 heavy (non-hydrogen) atoms. The van der Waals surface area contributed by atoms with Crippen LogP contribution in [0.4, 0.5) is 0 Å². The monoisotopic (exact) mass is 454 g/mol. The summed E-state index contributed by atoms with van der Waals surface area (Å²) >= 11 is 0. The van der Waals surface area contributed by atoms with Crippen molar-refractivity contribution in [3.05, 3.63) is 47.5 Å². The Morgan fingerprint density at radius 1 is 0.833 bits per heavy atom. The molecule has 0 saturated carbocycles. The lowest BCUT2D eigenvalue weighted by Crippen LogP contribution is -2.03. The van der Waals surface area contributed by atoms with Crippen LogP contribution in [0.1, 0.15) is 38.3 Å². The van der Waals surface area contributed by atoms with Gasteiger partial charge in [0.1, 0.15) is 11.5 Å². The van der Waals surface area contributed by atoms with E-state index in [1.807, 2.05) is 43.3 Å². The smallest absolute Gasteiger partial charge is 0.376 e. The van der Waals surface area contributed by atoms with Crippen molar-refractivity contribution < 1.29 is 27.2 Å². The van der Waals surface area contributed by atoms with Gasteiger partial charge in [-0.25, -0.2) is 9.13 Å². The zero-order valence-corrected chi connectivity index (χ0v) is 20.4. The first-order chi connectivity index (χ1) is 14.1. The lowest BCUT2D eigenvalue weighted by Gasteiger charge is -2.23. The predicted octanol–water partition coefficient (Wildman–Crippen LogP) is 7.09. The van der Waals surface area contributed by atoms with Crippen molar-refractivity contribution in [2.75, 3.05) is 26.5 Å². The van der Waals surface area contributed by atoms with Gasteiger partial charge in [-0.3, -0.25) is 0 Å². The minimum Gasteiger partial charge on any atom is -0.424 e. The molecule has 8 heteroatoms. The summed E-state index contributed by atoms with van der Waals surface area (Å²) in [5.74, 6) is 0.745. The highest BCUT2D eigenvalue weighted by atomic mass is 31.2. The normalized spacial score (nSPS) is 15.3. The average molecular weight is 454 g/mol. The Bertz CT molecular complexity index is 907. The molecule has 0 aromatic heterocycles. The fraction of sp³-hybridized carbons (Fsp3) is 0.455. The van der Waals surface area contributed by atoms with Gasteiger partial charge < -0.3 is 18.1 Å². The summed E-state index contributed by atoms with van der Waals surface area (Å²) in [5.41, 5.74) is 3.33. The molecular weight excluding hydrogens is 422 g/mol. The maximum atomic E-state index is 12.8. The highest BCUT2D eigenvalue weighted by molar-refractivity contribution is 7.53. The summed E-state index contributed by atoms with van der Waals surface area (Å²) in [6.07, 6.45) is 1.65. The summed E-state index contributed by atoms with van der Waals surface area (Å²) in [5, 5.41) is 0. The SMILES string of the molecule is CCCc1cc(OP(C)(=O)OCC)c(-c2cccc(C)c2)c(OP(C)(=O)OCC)c1. The maximum Gasteiger partial charge on any atom is 0.376 e. The summed E-state index contributed by atoms with van der Waals surface area (Å²) in [4.78, 5) is 0. The fourth-order valence-corrected chi connectivity index (χ4v) is 5.23. The Morgan fingerprint density at radius 3 is 1.80 bits per heavy atom. The van der Waals surface area contributed by atoms with Crippen molar-refractivity contribution in [1.29, 1.82) is 0 Å². The van der Waals surface area contributed by atoms with Gasteiger partial charge in [-0.05, 0) is 50.5 Å². The molecule has 0 bridgehead atoms. The van der Waals surface area contributed by atoms with Crippen LogP contribution in [-0.2, 0) is 24.6 Å². The molecule has 0 N–H and O–H groups in total. The van der Waals surface area contributed by atoms with Gasteiger partial charge in [-0.15, -0.1) is 0 Å². The topological polar surface area (TPSA) is 71.1 Å². The third kappa shape index (κ3) is 6.99. The number of benzene rings is 2. The highest BCUT2D eigenvalue weighted by Crippen LogP contribution is 2.53. The molecule has 2 aromatic rings. The minimum atomic E-state index is -3.35. The van der Waals surface area contributed by atoms with Crippen LogP contribution in [0.3, 0.4) is 0 Å².